The van der Waals surface area contributed by atoms with Crippen LogP contribution in [-0.4, -0.2) is 24.7 Å². The Labute approximate surface area is 132 Å². The van der Waals surface area contributed by atoms with Gasteiger partial charge in [-0.05, 0) is 42.6 Å². The van der Waals surface area contributed by atoms with E-state index < -0.39 is 0 Å². The van der Waals surface area contributed by atoms with E-state index in [1.165, 1.54) is 19.3 Å². The minimum absolute atomic E-state index is 0.185. The Kier molecular flexibility index (Phi) is 5.20. The number of anilines is 1. The summed E-state index contributed by atoms with van der Waals surface area (Å²) in [6, 6.07) is 6.29. The summed E-state index contributed by atoms with van der Waals surface area (Å²) in [7, 11) is 0. The number of nitrogens with two attached hydrogens (primary N) is 1. The quantitative estimate of drug-likeness (QED) is 0.500. The number of hydrogen-bond donors (Lipinski definition) is 2. The van der Waals surface area contributed by atoms with Gasteiger partial charge in [0.15, 0.2) is 0 Å². The van der Waals surface area contributed by atoms with E-state index in [0.717, 1.165) is 35.0 Å². The Balaban J connectivity index is 2.34. The van der Waals surface area contributed by atoms with Crippen LogP contribution in [-0.2, 0) is 0 Å². The zero-order valence-electron chi connectivity index (χ0n) is 13.4. The van der Waals surface area contributed by atoms with Gasteiger partial charge in [0.25, 0.3) is 0 Å². The van der Waals surface area contributed by atoms with Gasteiger partial charge in [0.2, 0.25) is 0 Å². The molecule has 1 fully saturated rings. The highest BCUT2D eigenvalue weighted by atomic mass is 32.2. The topological polar surface area (TPSA) is 53.1 Å². The normalized spacial score (nSPS) is 18.3. The maximum atomic E-state index is 7.98. The van der Waals surface area contributed by atoms with Crippen LogP contribution in [0.1, 0.15) is 45.6 Å². The molecule has 3 nitrogen and oxygen atoms in total. The predicted octanol–water partition coefficient (Wildman–Crippen LogP) is 4.10. The Hall–Kier alpha value is -1.16. The molecule has 0 unspecified atom stereocenters. The van der Waals surface area contributed by atoms with Crippen LogP contribution in [0.2, 0.25) is 0 Å². The van der Waals surface area contributed by atoms with E-state index >= 15 is 0 Å². The van der Waals surface area contributed by atoms with Crippen LogP contribution in [0.4, 0.5) is 5.69 Å². The van der Waals surface area contributed by atoms with Crippen LogP contribution in [0.3, 0.4) is 0 Å². The second-order valence-corrected chi connectivity index (χ2v) is 7.81. The summed E-state index contributed by atoms with van der Waals surface area (Å²) in [5.74, 6) is 1.18. The molecule has 0 spiro atoms. The maximum absolute atomic E-state index is 7.98. The van der Waals surface area contributed by atoms with Crippen molar-refractivity contribution in [1.82, 2.24) is 0 Å². The van der Waals surface area contributed by atoms with E-state index in [2.05, 4.69) is 43.9 Å². The Morgan fingerprint density at radius 1 is 1.33 bits per heavy atom. The van der Waals surface area contributed by atoms with Gasteiger partial charge in [-0.3, -0.25) is 5.41 Å². The lowest BCUT2D eigenvalue weighted by Gasteiger charge is -2.27. The van der Waals surface area contributed by atoms with Crippen LogP contribution >= 0.6 is 11.8 Å². The molecule has 1 saturated heterocycles. The zero-order chi connectivity index (χ0) is 15.5. The van der Waals surface area contributed by atoms with Gasteiger partial charge in [-0.1, -0.05) is 26.8 Å². The van der Waals surface area contributed by atoms with E-state index in [-0.39, 0.29) is 5.84 Å². The van der Waals surface area contributed by atoms with Crippen LogP contribution in [0.15, 0.2) is 23.1 Å². The first kappa shape index (κ1) is 16.2. The van der Waals surface area contributed by atoms with Gasteiger partial charge in [-0.25, -0.2) is 0 Å². The van der Waals surface area contributed by atoms with Crippen molar-refractivity contribution < 1.29 is 0 Å². The molecule has 0 atom stereocenters. The van der Waals surface area contributed by atoms with E-state index in [9.17, 15) is 0 Å². The average Bonchev–Trinajstić information content (AvgIpc) is 2.59. The van der Waals surface area contributed by atoms with Gasteiger partial charge in [0, 0.05) is 23.7 Å². The summed E-state index contributed by atoms with van der Waals surface area (Å²) in [6.45, 7) is 8.95. The SMILES string of the molecule is CCSc1cccc(N2CCCC(C)(C)CC2)c1C(=N)N. The molecule has 1 aliphatic rings. The predicted molar refractivity (Wildman–Crippen MR) is 93.7 cm³/mol. The molecule has 1 aliphatic heterocycles. The molecule has 1 aromatic rings. The average molecular weight is 305 g/mol. The molecule has 21 heavy (non-hydrogen) atoms. The molecule has 0 saturated carbocycles. The van der Waals surface area contributed by atoms with Gasteiger partial charge < -0.3 is 10.6 Å². The first-order valence-electron chi connectivity index (χ1n) is 7.80. The monoisotopic (exact) mass is 305 g/mol. The van der Waals surface area contributed by atoms with Gasteiger partial charge in [-0.2, -0.15) is 0 Å². The number of thioether (sulfide) groups is 1. The molecule has 4 heteroatoms. The molecule has 0 aliphatic carbocycles. The number of rotatable bonds is 4. The van der Waals surface area contributed by atoms with Crippen molar-refractivity contribution in [2.75, 3.05) is 23.7 Å². The number of nitrogen functional groups attached to an aromatic ring is 1. The lowest BCUT2D eigenvalue weighted by molar-refractivity contribution is 0.325. The van der Waals surface area contributed by atoms with Crippen molar-refractivity contribution >= 4 is 23.3 Å². The van der Waals surface area contributed by atoms with Crippen molar-refractivity contribution in [1.29, 1.82) is 5.41 Å². The Morgan fingerprint density at radius 2 is 2.10 bits per heavy atom. The molecule has 0 amide bonds. The van der Waals surface area contributed by atoms with Gasteiger partial charge in [-0.15, -0.1) is 11.8 Å². The molecule has 116 valence electrons. The van der Waals surface area contributed by atoms with E-state index in [1.54, 1.807) is 11.8 Å². The molecule has 0 bridgehead atoms. The summed E-state index contributed by atoms with van der Waals surface area (Å²) in [6.07, 6.45) is 3.66. The first-order valence-corrected chi connectivity index (χ1v) is 8.78. The summed E-state index contributed by atoms with van der Waals surface area (Å²) < 4.78 is 0. The zero-order valence-corrected chi connectivity index (χ0v) is 14.2. The standard InChI is InChI=1S/C17H27N3S/c1-4-21-14-8-5-7-13(15(14)16(18)19)20-11-6-9-17(2,3)10-12-20/h5,7-8H,4,6,9-12H2,1-3H3,(H3,18,19). The molecule has 0 radical (unpaired) electrons. The van der Waals surface area contributed by atoms with Crippen molar-refractivity contribution in [2.24, 2.45) is 11.1 Å². The fraction of sp³-hybridized carbons (Fsp3) is 0.588. The highest BCUT2D eigenvalue weighted by molar-refractivity contribution is 7.99. The second kappa shape index (κ2) is 6.73. The van der Waals surface area contributed by atoms with Crippen LogP contribution in [0.5, 0.6) is 0 Å². The summed E-state index contributed by atoms with van der Waals surface area (Å²) in [5.41, 5.74) is 8.36. The van der Waals surface area contributed by atoms with Crippen LogP contribution in [0, 0.1) is 10.8 Å². The highest BCUT2D eigenvalue weighted by Gasteiger charge is 2.25. The van der Waals surface area contributed by atoms with Crippen molar-refractivity contribution in [3.63, 3.8) is 0 Å². The fourth-order valence-electron chi connectivity index (χ4n) is 2.99. The van der Waals surface area contributed by atoms with Gasteiger partial charge >= 0.3 is 0 Å². The highest BCUT2D eigenvalue weighted by Crippen LogP contribution is 2.35. The third kappa shape index (κ3) is 3.94. The van der Waals surface area contributed by atoms with Crippen LogP contribution < -0.4 is 10.6 Å². The summed E-state index contributed by atoms with van der Waals surface area (Å²) in [5, 5.41) is 7.98. The third-order valence-corrected chi connectivity index (χ3v) is 5.19. The molecular weight excluding hydrogens is 278 g/mol. The minimum Gasteiger partial charge on any atom is -0.384 e. The summed E-state index contributed by atoms with van der Waals surface area (Å²) >= 11 is 1.77. The second-order valence-electron chi connectivity index (χ2n) is 6.50. The van der Waals surface area contributed by atoms with Gasteiger partial charge in [0.05, 0.1) is 5.56 Å². The van der Waals surface area contributed by atoms with E-state index in [0.29, 0.717) is 5.41 Å². The van der Waals surface area contributed by atoms with Crippen molar-refractivity contribution in [2.45, 2.75) is 44.9 Å². The molecule has 3 N–H and O–H groups in total. The van der Waals surface area contributed by atoms with Crippen molar-refractivity contribution in [3.8, 4) is 0 Å². The Morgan fingerprint density at radius 3 is 2.76 bits per heavy atom. The number of amidine groups is 1. The molecule has 1 heterocycles. The largest absolute Gasteiger partial charge is 0.384 e. The lowest BCUT2D eigenvalue weighted by atomic mass is 9.85. The van der Waals surface area contributed by atoms with Gasteiger partial charge in [0.1, 0.15) is 5.84 Å². The van der Waals surface area contributed by atoms with E-state index in [1.807, 2.05) is 0 Å². The third-order valence-electron chi connectivity index (χ3n) is 4.25. The van der Waals surface area contributed by atoms with Crippen molar-refractivity contribution in [3.05, 3.63) is 23.8 Å². The molecule has 2 rings (SSSR count). The fourth-order valence-corrected chi connectivity index (χ4v) is 3.84. The van der Waals surface area contributed by atoms with E-state index in [4.69, 9.17) is 11.1 Å². The number of nitrogens with one attached hydrogen (secondary N) is 1. The molecule has 0 aromatic heterocycles. The molecule has 1 aromatic carbocycles. The first-order chi connectivity index (χ1) is 9.94. The summed E-state index contributed by atoms with van der Waals surface area (Å²) in [4.78, 5) is 3.55. The number of nitrogens with zero attached hydrogens (tertiary/aromatic N) is 1. The Bertz CT molecular complexity index is 511. The minimum atomic E-state index is 0.185. The molecular formula is C17H27N3S. The lowest BCUT2D eigenvalue weighted by Crippen LogP contribution is -2.28. The number of hydrogen-bond acceptors (Lipinski definition) is 3. The maximum Gasteiger partial charge on any atom is 0.126 e. The van der Waals surface area contributed by atoms with Crippen LogP contribution in [0.25, 0.3) is 0 Å². The smallest absolute Gasteiger partial charge is 0.126 e. The number of benzene rings is 1.